The average Bonchev–Trinajstić information content (AvgIpc) is 3.06. The molecule has 6 nitrogen and oxygen atoms in total. The SMILES string of the molecule is O=C(Nc1ccccc1)c1cnc2c(c1)ncn2C1CCOCC1. The molecule has 0 bridgehead atoms. The Morgan fingerprint density at radius 3 is 2.75 bits per heavy atom. The number of nitrogens with one attached hydrogen (secondary N) is 1. The van der Waals surface area contributed by atoms with Crippen LogP contribution in [-0.4, -0.2) is 33.7 Å². The van der Waals surface area contributed by atoms with Crippen molar-refractivity contribution in [2.24, 2.45) is 0 Å². The van der Waals surface area contributed by atoms with Crippen LogP contribution in [0.1, 0.15) is 29.2 Å². The van der Waals surface area contributed by atoms with E-state index in [4.69, 9.17) is 4.74 Å². The highest BCUT2D eigenvalue weighted by atomic mass is 16.5. The van der Waals surface area contributed by atoms with E-state index in [0.717, 1.165) is 42.9 Å². The van der Waals surface area contributed by atoms with Gasteiger partial charge in [-0.2, -0.15) is 0 Å². The van der Waals surface area contributed by atoms with Crippen LogP contribution in [0.2, 0.25) is 0 Å². The van der Waals surface area contributed by atoms with Gasteiger partial charge in [0.15, 0.2) is 5.65 Å². The number of benzene rings is 1. The van der Waals surface area contributed by atoms with Crippen molar-refractivity contribution in [1.29, 1.82) is 0 Å². The van der Waals surface area contributed by atoms with E-state index in [1.165, 1.54) is 0 Å². The van der Waals surface area contributed by atoms with Crippen molar-refractivity contribution in [3.8, 4) is 0 Å². The van der Waals surface area contributed by atoms with Crippen molar-refractivity contribution in [2.75, 3.05) is 18.5 Å². The van der Waals surface area contributed by atoms with Crippen LogP contribution in [0, 0.1) is 0 Å². The summed E-state index contributed by atoms with van der Waals surface area (Å²) in [5, 5.41) is 2.86. The van der Waals surface area contributed by atoms with Crippen LogP contribution < -0.4 is 5.32 Å². The second-order valence-corrected chi connectivity index (χ2v) is 5.88. The number of aromatic nitrogens is 3. The fourth-order valence-corrected chi connectivity index (χ4v) is 3.00. The lowest BCUT2D eigenvalue weighted by atomic mass is 10.1. The molecule has 0 radical (unpaired) electrons. The van der Waals surface area contributed by atoms with E-state index < -0.39 is 0 Å². The number of anilines is 1. The Bertz CT molecular complexity index is 854. The number of imidazole rings is 1. The molecule has 1 saturated heterocycles. The molecular weight excluding hydrogens is 304 g/mol. The molecule has 0 aliphatic carbocycles. The van der Waals surface area contributed by atoms with Crippen LogP contribution in [0.15, 0.2) is 48.9 Å². The van der Waals surface area contributed by atoms with Gasteiger partial charge < -0.3 is 14.6 Å². The molecule has 1 aliphatic rings. The van der Waals surface area contributed by atoms with E-state index in [9.17, 15) is 4.79 Å². The summed E-state index contributed by atoms with van der Waals surface area (Å²) in [5.41, 5.74) is 2.82. The first-order valence-electron chi connectivity index (χ1n) is 8.08. The van der Waals surface area contributed by atoms with Crippen LogP contribution in [0.4, 0.5) is 5.69 Å². The Kier molecular flexibility index (Phi) is 3.96. The molecular formula is C18H18N4O2. The minimum Gasteiger partial charge on any atom is -0.381 e. The van der Waals surface area contributed by atoms with Gasteiger partial charge in [0, 0.05) is 31.1 Å². The molecule has 2 aromatic heterocycles. The summed E-state index contributed by atoms with van der Waals surface area (Å²) in [5.74, 6) is -0.184. The van der Waals surface area contributed by atoms with E-state index in [-0.39, 0.29) is 5.91 Å². The molecule has 24 heavy (non-hydrogen) atoms. The fraction of sp³-hybridized carbons (Fsp3) is 0.278. The number of hydrogen-bond donors (Lipinski definition) is 1. The lowest BCUT2D eigenvalue weighted by molar-refractivity contribution is 0.0704. The number of amides is 1. The van der Waals surface area contributed by atoms with Crippen LogP contribution in [0.3, 0.4) is 0 Å². The fourth-order valence-electron chi connectivity index (χ4n) is 3.00. The number of carbonyl (C=O) groups excluding carboxylic acids is 1. The van der Waals surface area contributed by atoms with Gasteiger partial charge in [-0.3, -0.25) is 4.79 Å². The highest BCUT2D eigenvalue weighted by molar-refractivity contribution is 6.05. The average molecular weight is 322 g/mol. The number of rotatable bonds is 3. The summed E-state index contributed by atoms with van der Waals surface area (Å²) in [6, 6.07) is 11.5. The maximum atomic E-state index is 12.4. The predicted octanol–water partition coefficient (Wildman–Crippen LogP) is 3.04. The maximum Gasteiger partial charge on any atom is 0.257 e. The molecule has 6 heteroatoms. The smallest absolute Gasteiger partial charge is 0.257 e. The van der Waals surface area contributed by atoms with Gasteiger partial charge in [-0.25, -0.2) is 9.97 Å². The lowest BCUT2D eigenvalue weighted by Gasteiger charge is -2.23. The Labute approximate surface area is 139 Å². The number of hydrogen-bond acceptors (Lipinski definition) is 4. The first-order chi connectivity index (χ1) is 11.8. The van der Waals surface area contributed by atoms with Gasteiger partial charge in [0.2, 0.25) is 0 Å². The van der Waals surface area contributed by atoms with Gasteiger partial charge in [-0.15, -0.1) is 0 Å². The molecule has 0 saturated carbocycles. The highest BCUT2D eigenvalue weighted by Gasteiger charge is 2.19. The molecule has 0 spiro atoms. The molecule has 1 aliphatic heterocycles. The third-order valence-corrected chi connectivity index (χ3v) is 4.29. The minimum atomic E-state index is -0.184. The van der Waals surface area contributed by atoms with E-state index in [0.29, 0.717) is 11.6 Å². The zero-order chi connectivity index (χ0) is 16.4. The van der Waals surface area contributed by atoms with Gasteiger partial charge in [-0.1, -0.05) is 18.2 Å². The third-order valence-electron chi connectivity index (χ3n) is 4.29. The Balaban J connectivity index is 1.58. The van der Waals surface area contributed by atoms with Crippen molar-refractivity contribution in [3.05, 3.63) is 54.5 Å². The second-order valence-electron chi connectivity index (χ2n) is 5.88. The largest absolute Gasteiger partial charge is 0.381 e. The van der Waals surface area contributed by atoms with Crippen molar-refractivity contribution < 1.29 is 9.53 Å². The molecule has 1 N–H and O–H groups in total. The van der Waals surface area contributed by atoms with Crippen molar-refractivity contribution in [2.45, 2.75) is 18.9 Å². The third kappa shape index (κ3) is 2.88. The molecule has 122 valence electrons. The number of ether oxygens (including phenoxy) is 1. The van der Waals surface area contributed by atoms with Gasteiger partial charge in [0.1, 0.15) is 5.52 Å². The molecule has 1 amide bonds. The topological polar surface area (TPSA) is 69.0 Å². The Morgan fingerprint density at radius 1 is 1.17 bits per heavy atom. The van der Waals surface area contributed by atoms with Crippen LogP contribution in [0.5, 0.6) is 0 Å². The van der Waals surface area contributed by atoms with Gasteiger partial charge in [0.25, 0.3) is 5.91 Å². The molecule has 3 heterocycles. The summed E-state index contributed by atoms with van der Waals surface area (Å²) in [7, 11) is 0. The predicted molar refractivity (Wildman–Crippen MR) is 91.0 cm³/mol. The van der Waals surface area contributed by atoms with Crippen LogP contribution in [0.25, 0.3) is 11.2 Å². The summed E-state index contributed by atoms with van der Waals surface area (Å²) in [6.45, 7) is 1.53. The van der Waals surface area contributed by atoms with E-state index >= 15 is 0 Å². The van der Waals surface area contributed by atoms with E-state index in [2.05, 4.69) is 19.9 Å². The monoisotopic (exact) mass is 322 g/mol. The molecule has 1 aromatic carbocycles. The summed E-state index contributed by atoms with van der Waals surface area (Å²) in [4.78, 5) is 21.3. The van der Waals surface area contributed by atoms with Crippen LogP contribution in [-0.2, 0) is 4.74 Å². The number of pyridine rings is 1. The standard InChI is InChI=1S/C18H18N4O2/c23-18(21-14-4-2-1-3-5-14)13-10-16-17(19-11-13)22(12-20-16)15-6-8-24-9-7-15/h1-5,10-12,15H,6-9H2,(H,21,23). The van der Waals surface area contributed by atoms with Gasteiger partial charge in [0.05, 0.1) is 11.9 Å². The maximum absolute atomic E-state index is 12.4. The van der Waals surface area contributed by atoms with Crippen molar-refractivity contribution in [3.63, 3.8) is 0 Å². The van der Waals surface area contributed by atoms with Gasteiger partial charge >= 0.3 is 0 Å². The van der Waals surface area contributed by atoms with Gasteiger partial charge in [-0.05, 0) is 31.0 Å². The zero-order valence-corrected chi connectivity index (χ0v) is 13.2. The minimum absolute atomic E-state index is 0.184. The number of para-hydroxylation sites is 1. The lowest BCUT2D eigenvalue weighted by Crippen LogP contribution is -2.19. The Morgan fingerprint density at radius 2 is 1.96 bits per heavy atom. The second kappa shape index (κ2) is 6.41. The molecule has 0 unspecified atom stereocenters. The number of carbonyl (C=O) groups is 1. The summed E-state index contributed by atoms with van der Waals surface area (Å²) < 4.78 is 7.50. The number of nitrogens with zero attached hydrogens (tertiary/aromatic N) is 3. The molecule has 3 aromatic rings. The molecule has 1 fully saturated rings. The quantitative estimate of drug-likeness (QED) is 0.805. The van der Waals surface area contributed by atoms with E-state index in [1.807, 2.05) is 36.7 Å². The first-order valence-corrected chi connectivity index (χ1v) is 8.08. The highest BCUT2D eigenvalue weighted by Crippen LogP contribution is 2.24. The Hall–Kier alpha value is -2.73. The van der Waals surface area contributed by atoms with E-state index in [1.54, 1.807) is 12.3 Å². The van der Waals surface area contributed by atoms with Crippen LogP contribution >= 0.6 is 0 Å². The molecule has 4 rings (SSSR count). The molecule has 0 atom stereocenters. The number of fused-ring (bicyclic) bond motifs is 1. The van der Waals surface area contributed by atoms with Crippen molar-refractivity contribution in [1.82, 2.24) is 14.5 Å². The summed E-state index contributed by atoms with van der Waals surface area (Å²) in [6.07, 6.45) is 5.34. The normalized spacial score (nSPS) is 15.5. The first kappa shape index (κ1) is 14.8. The zero-order valence-electron chi connectivity index (χ0n) is 13.2. The summed E-state index contributed by atoms with van der Waals surface area (Å²) >= 11 is 0. The van der Waals surface area contributed by atoms with Crippen molar-refractivity contribution >= 4 is 22.8 Å².